The molecule has 0 amide bonds. The average Bonchev–Trinajstić information content (AvgIpc) is 0. The summed E-state index contributed by atoms with van der Waals surface area (Å²) in [5, 5.41) is 0. The first-order valence-corrected chi connectivity index (χ1v) is 0. The van der Waals surface area contributed by atoms with Gasteiger partial charge in [0.05, 0.1) is 0 Å². The van der Waals surface area contributed by atoms with Gasteiger partial charge >= 0.3 is 24.4 Å². The van der Waals surface area contributed by atoms with Crippen LogP contribution < -0.4 is 0 Å². The summed E-state index contributed by atoms with van der Waals surface area (Å²) in [5.74, 6) is 0. The normalized spacial score (nSPS) is 0. The molecule has 0 atom stereocenters. The van der Waals surface area contributed by atoms with Gasteiger partial charge in [-0.25, -0.2) is 0 Å². The first-order chi connectivity index (χ1) is 0. The molecule has 0 aromatic rings. The molecule has 6 heavy (non-hydrogen) atoms. The molecule has 48 valence electrons. The molecule has 0 aliphatic rings. The van der Waals surface area contributed by atoms with Crippen LogP contribution in [0.15, 0.2) is 0 Å². The van der Waals surface area contributed by atoms with E-state index < -0.39 is 0 Å². The monoisotopic (exact) mass is 214 g/mol. The fourth-order valence-corrected chi connectivity index (χ4v) is 0. The Morgan fingerprint density at radius 2 is 0.333 bits per heavy atom. The first kappa shape index (κ1) is 547. The van der Waals surface area contributed by atoms with Crippen molar-refractivity contribution in [1.82, 2.24) is 0 Å². The van der Waals surface area contributed by atoms with E-state index in [9.17, 15) is 0 Å². The van der Waals surface area contributed by atoms with Crippen LogP contribution in [-0.4, -0.2) is 51.8 Å². The van der Waals surface area contributed by atoms with Crippen LogP contribution in [0, 0.1) is 0 Å². The second-order valence-electron chi connectivity index (χ2n) is 0. The van der Waals surface area contributed by atoms with Gasteiger partial charge in [0.25, 0.3) is 0 Å². The van der Waals surface area contributed by atoms with Gasteiger partial charge in [0, 0.05) is 0 Å². The van der Waals surface area contributed by atoms with E-state index in [4.69, 9.17) is 0 Å². The summed E-state index contributed by atoms with van der Waals surface area (Å²) < 4.78 is 0. The zero-order valence-electron chi connectivity index (χ0n) is 3.21. The van der Waals surface area contributed by atoms with Crippen molar-refractivity contribution in [3.05, 3.63) is 0 Å². The Hall–Kier alpha value is 0.618. The van der Waals surface area contributed by atoms with E-state index >= 15 is 0 Å². The molecule has 0 unspecified atom stereocenters. The number of rotatable bonds is 0. The fraction of sp³-hybridized carbons (Fsp3) is 0. The van der Waals surface area contributed by atoms with Gasteiger partial charge in [-0.2, -0.15) is 0 Å². The Kier molecular flexibility index (Phi) is 28600. The molecule has 5 nitrogen and oxygen atoms in total. The van der Waals surface area contributed by atoms with Gasteiger partial charge in [0.2, 0.25) is 0 Å². The minimum absolute atomic E-state index is 0. The topological polar surface area (TPSA) is 158 Å². The molecule has 0 aromatic carbocycles. The Balaban J connectivity index is 0. The molecule has 6 heteroatoms. The van der Waals surface area contributed by atoms with Crippen molar-refractivity contribution < 1.29 is 27.4 Å². The van der Waals surface area contributed by atoms with Gasteiger partial charge in [0.1, 0.15) is 0 Å². The molecule has 0 rings (SSSR count). The van der Waals surface area contributed by atoms with Gasteiger partial charge in [-0.05, 0) is 0 Å². The summed E-state index contributed by atoms with van der Waals surface area (Å²) in [6.07, 6.45) is 0. The van der Waals surface area contributed by atoms with E-state index in [2.05, 4.69) is 0 Å². The molecule has 0 bridgehead atoms. The van der Waals surface area contributed by atoms with Gasteiger partial charge in [-0.3, -0.25) is 0 Å². The van der Waals surface area contributed by atoms with Crippen LogP contribution in [0.25, 0.3) is 0 Å². The Labute approximate surface area is 52.3 Å². The molecular weight excluding hydrogens is 202 g/mol. The van der Waals surface area contributed by atoms with Crippen LogP contribution in [-0.2, 0) is 0 Å². The van der Waals surface area contributed by atoms with Crippen molar-refractivity contribution in [3.63, 3.8) is 0 Å². The van der Waals surface area contributed by atoms with E-state index in [-0.39, 0.29) is 51.8 Å². The average molecular weight is 215 g/mol. The van der Waals surface area contributed by atoms with Crippen molar-refractivity contribution in [2.75, 3.05) is 0 Å². The quantitative estimate of drug-likeness (QED) is 0.353. The zero-order valence-corrected chi connectivity index (χ0v) is 7.24. The van der Waals surface area contributed by atoms with Crippen molar-refractivity contribution >= 4 is 24.4 Å². The molecule has 0 fully saturated rings. The van der Waals surface area contributed by atoms with E-state index in [0.29, 0.717) is 0 Å². The third-order valence-corrected chi connectivity index (χ3v) is 0. The van der Waals surface area contributed by atoms with Gasteiger partial charge in [-0.1, -0.05) is 0 Å². The molecule has 0 aliphatic carbocycles. The van der Waals surface area contributed by atoms with Gasteiger partial charge in [-0.15, -0.1) is 0 Å². The zero-order chi connectivity index (χ0) is 0. The van der Waals surface area contributed by atoms with E-state index in [1.54, 1.807) is 0 Å². The molecule has 0 heterocycles. The fourth-order valence-electron chi connectivity index (χ4n) is 0. The minimum atomic E-state index is 0. The summed E-state index contributed by atoms with van der Waals surface area (Å²) in [4.78, 5) is 0. The molecule has 10 N–H and O–H groups in total. The maximum absolute atomic E-state index is 0. The molecule has 0 saturated heterocycles. The van der Waals surface area contributed by atoms with Gasteiger partial charge < -0.3 is 27.4 Å². The summed E-state index contributed by atoms with van der Waals surface area (Å²) in [6.45, 7) is 0. The van der Waals surface area contributed by atoms with Crippen molar-refractivity contribution in [1.29, 1.82) is 0 Å². The Bertz CT molecular complexity index is 3.90. The van der Waals surface area contributed by atoms with Crippen LogP contribution in [0.3, 0.4) is 0 Å². The van der Waals surface area contributed by atoms with Crippen LogP contribution in [0.5, 0.6) is 0 Å². The van der Waals surface area contributed by atoms with Crippen LogP contribution >= 0.6 is 0 Å². The van der Waals surface area contributed by atoms with E-state index in [0.717, 1.165) is 0 Å². The summed E-state index contributed by atoms with van der Waals surface area (Å²) in [5.41, 5.74) is 0. The summed E-state index contributed by atoms with van der Waals surface area (Å²) in [7, 11) is 0. The molecular formula is H13O5Sb. The van der Waals surface area contributed by atoms with E-state index in [1.807, 2.05) is 0 Å². The summed E-state index contributed by atoms with van der Waals surface area (Å²) in [6, 6.07) is 0. The van der Waals surface area contributed by atoms with Crippen LogP contribution in [0.4, 0.5) is 0 Å². The Morgan fingerprint density at radius 1 is 0.333 bits per heavy atom. The second-order valence-corrected chi connectivity index (χ2v) is 0. The predicted octanol–water partition coefficient (Wildman–Crippen LogP) is -5.31. The molecule has 0 radical (unpaired) electrons. The summed E-state index contributed by atoms with van der Waals surface area (Å²) >= 11 is 0. The van der Waals surface area contributed by atoms with Crippen molar-refractivity contribution in [3.8, 4) is 0 Å². The number of hydrogen-bond donors (Lipinski definition) is 0. The molecule has 0 aliphatic heterocycles. The third-order valence-electron chi connectivity index (χ3n) is 0. The third kappa shape index (κ3) is 158. The molecule has 0 aromatic heterocycles. The van der Waals surface area contributed by atoms with Gasteiger partial charge in [0.15, 0.2) is 0 Å². The SMILES string of the molecule is O.O.O.O.O.[SbH3]. The van der Waals surface area contributed by atoms with Crippen LogP contribution in [0.1, 0.15) is 0 Å². The second kappa shape index (κ2) is 314. The standard InChI is InChI=1S/5H2O.Sb.3H/h5*1H2;;;;. The maximum atomic E-state index is 0. The number of hydrogen-bond acceptors (Lipinski definition) is 0. The van der Waals surface area contributed by atoms with E-state index in [1.165, 1.54) is 0 Å². The molecule has 0 spiro atoms. The molecule has 0 saturated carbocycles. The predicted molar refractivity (Wildman–Crippen MR) is 28.0 cm³/mol. The van der Waals surface area contributed by atoms with Crippen molar-refractivity contribution in [2.45, 2.75) is 0 Å². The van der Waals surface area contributed by atoms with Crippen LogP contribution in [0.2, 0.25) is 0 Å². The first-order valence-electron chi connectivity index (χ1n) is 0. The Morgan fingerprint density at radius 3 is 0.333 bits per heavy atom. The van der Waals surface area contributed by atoms with Crippen molar-refractivity contribution in [2.24, 2.45) is 0 Å².